The first kappa shape index (κ1) is 46.4. The van der Waals surface area contributed by atoms with Gasteiger partial charge < -0.3 is 61.0 Å². The fraction of sp³-hybridized carbons (Fsp3) is 0. The second-order valence-corrected chi connectivity index (χ2v) is 8.89. The molecule has 0 unspecified atom stereocenters. The number of carbonyl (C=O) groups excluding carboxylic acids is 4. The van der Waals surface area contributed by atoms with Crippen LogP contribution in [-0.2, 0) is 45.8 Å². The minimum absolute atomic E-state index is 0. The van der Waals surface area contributed by atoms with E-state index in [1.54, 1.807) is 0 Å². The second kappa shape index (κ2) is 23.7. The molecule has 0 spiro atoms. The van der Waals surface area contributed by atoms with E-state index < -0.39 is 47.8 Å². The first-order valence-electron chi connectivity index (χ1n) is 13.3. The summed E-state index contributed by atoms with van der Waals surface area (Å²) < 4.78 is 0. The standard InChI is InChI=1S/4C8H6O5.Zr/c4*9-7(10)5-3-1-2-4-6(5)8(11)13-12;/h4*1-4,12H,(H,9,10);/q;;;;+4/p-4. The zero-order valence-electron chi connectivity index (χ0n) is 26.1. The molecule has 0 aliphatic heterocycles. The van der Waals surface area contributed by atoms with E-state index in [0.717, 1.165) is 0 Å². The third-order valence-electron chi connectivity index (χ3n) is 5.81. The van der Waals surface area contributed by atoms with Crippen LogP contribution in [0.1, 0.15) is 82.9 Å². The molecule has 0 aromatic heterocycles. The van der Waals surface area contributed by atoms with E-state index in [9.17, 15) is 59.4 Å². The topological polar surface area (TPSA) is 347 Å². The van der Waals surface area contributed by atoms with Crippen LogP contribution in [0.5, 0.6) is 0 Å². The first-order chi connectivity index (χ1) is 24.7. The summed E-state index contributed by atoms with van der Waals surface area (Å²) in [6.45, 7) is 0. The summed E-state index contributed by atoms with van der Waals surface area (Å²) >= 11 is 0. The van der Waals surface area contributed by atoms with Gasteiger partial charge >= 0.3 is 74.0 Å². The van der Waals surface area contributed by atoms with Gasteiger partial charge in [-0.3, -0.25) is 0 Å². The third-order valence-corrected chi connectivity index (χ3v) is 5.81. The molecule has 0 fully saturated rings. The summed E-state index contributed by atoms with van der Waals surface area (Å²) in [5.74, 6) is -9.89. The molecule has 0 amide bonds. The molecule has 4 aromatic rings. The Morgan fingerprint density at radius 2 is 0.453 bits per heavy atom. The average molecular weight is 816 g/mol. The largest absolute Gasteiger partial charge is 4.00 e. The molecule has 20 nitrogen and oxygen atoms in total. The summed E-state index contributed by atoms with van der Waals surface area (Å²) in [6.07, 6.45) is 0. The van der Waals surface area contributed by atoms with Crippen LogP contribution in [0.2, 0.25) is 0 Å². The summed E-state index contributed by atoms with van der Waals surface area (Å²) in [5.41, 5.74) is -1.97. The van der Waals surface area contributed by atoms with Crippen LogP contribution in [0.4, 0.5) is 0 Å². The molecule has 0 aliphatic carbocycles. The van der Waals surface area contributed by atoms with Crippen molar-refractivity contribution in [3.63, 3.8) is 0 Å². The normalized spacial score (nSPS) is 9.13. The Morgan fingerprint density at radius 1 is 0.321 bits per heavy atom. The van der Waals surface area contributed by atoms with E-state index in [4.69, 9.17) is 20.4 Å². The van der Waals surface area contributed by atoms with Crippen LogP contribution < -0.4 is 21.0 Å². The molecule has 4 rings (SSSR count). The zero-order valence-corrected chi connectivity index (χ0v) is 28.5. The van der Waals surface area contributed by atoms with Crippen LogP contribution in [0.25, 0.3) is 0 Å². The molecule has 0 aliphatic rings. The zero-order chi connectivity index (χ0) is 39.4. The molecule has 0 heterocycles. The van der Waals surface area contributed by atoms with Gasteiger partial charge in [-0.2, -0.15) is 0 Å². The summed E-state index contributed by atoms with van der Waals surface area (Å²) in [5, 5.41) is 73.5. The molecule has 272 valence electrons. The Morgan fingerprint density at radius 3 is 0.566 bits per heavy atom. The monoisotopic (exact) mass is 814 g/mol. The number of hydrogen-bond acceptors (Lipinski definition) is 16. The van der Waals surface area contributed by atoms with Gasteiger partial charge in [0.15, 0.2) is 0 Å². The number of rotatable bonds is 8. The van der Waals surface area contributed by atoms with Crippen molar-refractivity contribution in [1.82, 2.24) is 0 Å². The summed E-state index contributed by atoms with van der Waals surface area (Å²) in [7, 11) is 0. The Hall–Kier alpha value is -6.64. The van der Waals surface area contributed by atoms with Crippen molar-refractivity contribution in [1.29, 1.82) is 0 Å². The predicted molar refractivity (Wildman–Crippen MR) is 155 cm³/mol. The Bertz CT molecular complexity index is 1660. The van der Waals surface area contributed by atoms with Gasteiger partial charge in [-0.15, -0.1) is 0 Å². The Labute approximate surface area is 314 Å². The third kappa shape index (κ3) is 14.3. The van der Waals surface area contributed by atoms with Crippen LogP contribution in [0.3, 0.4) is 0 Å². The van der Waals surface area contributed by atoms with Gasteiger partial charge in [-0.1, -0.05) is 48.5 Å². The SMILES string of the molecule is O=C(O)c1ccccc1C(=O)O[O-].O=C(O)c1ccccc1C(=O)O[O-].O=C(O)c1ccccc1C(=O)O[O-].O=C(O)c1ccccc1C(=O)O[O-].[Zr+4]. The van der Waals surface area contributed by atoms with Crippen molar-refractivity contribution in [2.24, 2.45) is 0 Å². The first-order valence-corrected chi connectivity index (χ1v) is 13.3. The van der Waals surface area contributed by atoms with Gasteiger partial charge in [-0.05, 0) is 48.5 Å². The maximum atomic E-state index is 10.7. The molecule has 21 heteroatoms. The van der Waals surface area contributed by atoms with E-state index >= 15 is 0 Å². The van der Waals surface area contributed by atoms with E-state index in [2.05, 4.69) is 19.6 Å². The van der Waals surface area contributed by atoms with Gasteiger partial charge in [0.05, 0.1) is 44.5 Å². The number of carboxylic acids is 4. The molecular weight excluding hydrogens is 796 g/mol. The van der Waals surface area contributed by atoms with Crippen LogP contribution >= 0.6 is 0 Å². The maximum absolute atomic E-state index is 10.7. The predicted octanol–water partition coefficient (Wildman–Crippen LogP) is -0.735. The van der Waals surface area contributed by atoms with Crippen molar-refractivity contribution in [2.75, 3.05) is 0 Å². The number of hydrogen-bond donors (Lipinski definition) is 4. The van der Waals surface area contributed by atoms with Crippen LogP contribution in [0, 0.1) is 0 Å². The average Bonchev–Trinajstić information content (AvgIpc) is 3.17. The van der Waals surface area contributed by atoms with Crippen molar-refractivity contribution in [2.45, 2.75) is 0 Å². The van der Waals surface area contributed by atoms with Gasteiger partial charge in [-0.25, -0.2) is 38.4 Å². The molecule has 4 N–H and O–H groups in total. The van der Waals surface area contributed by atoms with E-state index in [1.807, 2.05) is 0 Å². The minimum Gasteiger partial charge on any atom is -0.661 e. The van der Waals surface area contributed by atoms with Crippen molar-refractivity contribution >= 4 is 47.8 Å². The number of aromatic carboxylic acids is 4. The summed E-state index contributed by atoms with van der Waals surface area (Å²) in [4.78, 5) is 97.8. The Kier molecular flexibility index (Phi) is 20.7. The molecule has 0 saturated carbocycles. The molecule has 0 saturated heterocycles. The molecule has 53 heavy (non-hydrogen) atoms. The molecule has 0 radical (unpaired) electrons. The van der Waals surface area contributed by atoms with Gasteiger partial charge in [0.25, 0.3) is 0 Å². The fourth-order valence-electron chi connectivity index (χ4n) is 3.57. The van der Waals surface area contributed by atoms with E-state index in [-0.39, 0.29) is 70.7 Å². The number of benzene rings is 4. The number of carboxylic acid groups (broad SMARTS) is 4. The van der Waals surface area contributed by atoms with Crippen molar-refractivity contribution < 1.29 is 126 Å². The van der Waals surface area contributed by atoms with Gasteiger partial charge in [0, 0.05) is 0 Å². The van der Waals surface area contributed by atoms with Crippen LogP contribution in [0.15, 0.2) is 97.1 Å². The minimum atomic E-state index is -1.28. The number of carbonyl (C=O) groups is 8. The quantitative estimate of drug-likeness (QED) is 0.126. The van der Waals surface area contributed by atoms with Crippen molar-refractivity contribution in [3.8, 4) is 0 Å². The fourth-order valence-corrected chi connectivity index (χ4v) is 3.57. The second-order valence-electron chi connectivity index (χ2n) is 8.89. The van der Waals surface area contributed by atoms with Gasteiger partial charge in [0.2, 0.25) is 0 Å². The maximum Gasteiger partial charge on any atom is 4.00 e. The summed E-state index contributed by atoms with van der Waals surface area (Å²) in [6, 6.07) is 21.3. The Balaban J connectivity index is 0.000000676. The van der Waals surface area contributed by atoms with Crippen LogP contribution in [-0.4, -0.2) is 68.2 Å². The molecular formula is C32H20O20Zr. The molecule has 4 aromatic carbocycles. The van der Waals surface area contributed by atoms with Gasteiger partial charge in [0.1, 0.15) is 0 Å². The molecule has 0 atom stereocenters. The van der Waals surface area contributed by atoms with E-state index in [1.165, 1.54) is 97.1 Å². The molecule has 0 bridgehead atoms. The van der Waals surface area contributed by atoms with E-state index in [0.29, 0.717) is 0 Å². The van der Waals surface area contributed by atoms with Crippen molar-refractivity contribution in [3.05, 3.63) is 142 Å². The smallest absolute Gasteiger partial charge is 0.661 e.